The summed E-state index contributed by atoms with van der Waals surface area (Å²) in [6.07, 6.45) is 1.18. The predicted octanol–water partition coefficient (Wildman–Crippen LogP) is 3.75. The molecular formula is C14H23N. The molecule has 0 aliphatic carbocycles. The van der Waals surface area contributed by atoms with E-state index in [2.05, 4.69) is 58.1 Å². The maximum absolute atomic E-state index is 3.59. The van der Waals surface area contributed by atoms with Crippen molar-refractivity contribution in [3.05, 3.63) is 34.9 Å². The third kappa shape index (κ3) is 3.35. The predicted molar refractivity (Wildman–Crippen MR) is 67.2 cm³/mol. The molecule has 84 valence electrons. The molecule has 1 heteroatoms. The Balaban J connectivity index is 2.73. The molecule has 1 aromatic carbocycles. The van der Waals surface area contributed by atoms with Gasteiger partial charge in [0.05, 0.1) is 0 Å². The van der Waals surface area contributed by atoms with Crippen molar-refractivity contribution in [2.75, 3.05) is 0 Å². The third-order valence-electron chi connectivity index (χ3n) is 3.18. The van der Waals surface area contributed by atoms with Crippen LogP contribution in [0, 0.1) is 13.8 Å². The van der Waals surface area contributed by atoms with Gasteiger partial charge in [-0.15, -0.1) is 0 Å². The Morgan fingerprint density at radius 2 is 1.80 bits per heavy atom. The van der Waals surface area contributed by atoms with E-state index in [0.29, 0.717) is 12.1 Å². The lowest BCUT2D eigenvalue weighted by molar-refractivity contribution is 0.469. The zero-order chi connectivity index (χ0) is 11.4. The van der Waals surface area contributed by atoms with Gasteiger partial charge in [-0.3, -0.25) is 0 Å². The lowest BCUT2D eigenvalue weighted by Gasteiger charge is -2.20. The second kappa shape index (κ2) is 5.32. The minimum atomic E-state index is 0.444. The molecule has 0 saturated heterocycles. The van der Waals surface area contributed by atoms with Crippen LogP contribution in [0.3, 0.4) is 0 Å². The molecule has 0 aliphatic rings. The summed E-state index contributed by atoms with van der Waals surface area (Å²) in [5, 5.41) is 3.59. The maximum Gasteiger partial charge on any atom is 0.0294 e. The largest absolute Gasteiger partial charge is 0.308 e. The lowest BCUT2D eigenvalue weighted by atomic mass is 10.0. The fourth-order valence-corrected chi connectivity index (χ4v) is 1.67. The lowest BCUT2D eigenvalue weighted by Crippen LogP contribution is -2.28. The van der Waals surface area contributed by atoms with Crippen molar-refractivity contribution in [1.82, 2.24) is 5.32 Å². The molecule has 0 amide bonds. The van der Waals surface area contributed by atoms with Gasteiger partial charge in [-0.25, -0.2) is 0 Å². The van der Waals surface area contributed by atoms with Crippen molar-refractivity contribution in [2.45, 2.75) is 53.1 Å². The van der Waals surface area contributed by atoms with E-state index in [4.69, 9.17) is 0 Å². The summed E-state index contributed by atoms with van der Waals surface area (Å²) >= 11 is 0. The highest BCUT2D eigenvalue weighted by Gasteiger charge is 2.08. The molecule has 0 unspecified atom stereocenters. The van der Waals surface area contributed by atoms with E-state index in [0.717, 1.165) is 0 Å². The SMILES string of the molecule is CC[C@@H](C)N[C@@H](C)c1ccc(C)c(C)c1. The first kappa shape index (κ1) is 12.3. The van der Waals surface area contributed by atoms with E-state index in [-0.39, 0.29) is 0 Å². The van der Waals surface area contributed by atoms with Crippen molar-refractivity contribution >= 4 is 0 Å². The van der Waals surface area contributed by atoms with Crippen LogP contribution < -0.4 is 5.32 Å². The molecule has 1 rings (SSSR count). The molecule has 0 spiro atoms. The van der Waals surface area contributed by atoms with Crippen molar-refractivity contribution < 1.29 is 0 Å². The fourth-order valence-electron chi connectivity index (χ4n) is 1.67. The summed E-state index contributed by atoms with van der Waals surface area (Å²) in [7, 11) is 0. The average molecular weight is 205 g/mol. The van der Waals surface area contributed by atoms with Crippen molar-refractivity contribution in [3.8, 4) is 0 Å². The van der Waals surface area contributed by atoms with Crippen LogP contribution in [0.4, 0.5) is 0 Å². The zero-order valence-electron chi connectivity index (χ0n) is 10.6. The molecule has 1 aromatic rings. The molecule has 1 N–H and O–H groups in total. The van der Waals surface area contributed by atoms with Crippen LogP contribution >= 0.6 is 0 Å². The minimum absolute atomic E-state index is 0.444. The second-order valence-electron chi connectivity index (χ2n) is 4.54. The minimum Gasteiger partial charge on any atom is -0.308 e. The molecule has 0 saturated carbocycles. The molecule has 0 aromatic heterocycles. The Morgan fingerprint density at radius 3 is 2.33 bits per heavy atom. The Labute approximate surface area is 93.9 Å². The van der Waals surface area contributed by atoms with Crippen molar-refractivity contribution in [3.63, 3.8) is 0 Å². The molecule has 15 heavy (non-hydrogen) atoms. The van der Waals surface area contributed by atoms with Gasteiger partial charge in [0.25, 0.3) is 0 Å². The van der Waals surface area contributed by atoms with Crippen LogP contribution in [-0.4, -0.2) is 6.04 Å². The average Bonchev–Trinajstić information content (AvgIpc) is 2.21. The van der Waals surface area contributed by atoms with E-state index in [1.807, 2.05) is 0 Å². The molecule has 2 atom stereocenters. The number of hydrogen-bond donors (Lipinski definition) is 1. The number of rotatable bonds is 4. The van der Waals surface area contributed by atoms with Gasteiger partial charge in [-0.2, -0.15) is 0 Å². The van der Waals surface area contributed by atoms with Gasteiger partial charge in [0, 0.05) is 12.1 Å². The second-order valence-corrected chi connectivity index (χ2v) is 4.54. The first-order valence-electron chi connectivity index (χ1n) is 5.87. The molecule has 0 radical (unpaired) electrons. The third-order valence-corrected chi connectivity index (χ3v) is 3.18. The van der Waals surface area contributed by atoms with Crippen LogP contribution in [0.25, 0.3) is 0 Å². The number of aryl methyl sites for hydroxylation is 2. The molecule has 0 bridgehead atoms. The first-order valence-corrected chi connectivity index (χ1v) is 5.87. The van der Waals surface area contributed by atoms with Crippen LogP contribution in [0.15, 0.2) is 18.2 Å². The van der Waals surface area contributed by atoms with E-state index in [1.54, 1.807) is 0 Å². The molecule has 1 nitrogen and oxygen atoms in total. The molecule has 0 heterocycles. The number of hydrogen-bond acceptors (Lipinski definition) is 1. The Kier molecular flexibility index (Phi) is 4.34. The monoisotopic (exact) mass is 205 g/mol. The van der Waals surface area contributed by atoms with Gasteiger partial charge in [0.2, 0.25) is 0 Å². The van der Waals surface area contributed by atoms with Crippen LogP contribution in [0.1, 0.15) is 49.9 Å². The van der Waals surface area contributed by atoms with Gasteiger partial charge >= 0.3 is 0 Å². The fraction of sp³-hybridized carbons (Fsp3) is 0.571. The highest BCUT2D eigenvalue weighted by atomic mass is 14.9. The van der Waals surface area contributed by atoms with Gasteiger partial charge in [-0.1, -0.05) is 25.1 Å². The summed E-state index contributed by atoms with van der Waals surface area (Å²) < 4.78 is 0. The van der Waals surface area contributed by atoms with Gasteiger partial charge < -0.3 is 5.32 Å². The summed E-state index contributed by atoms with van der Waals surface area (Å²) in [5.41, 5.74) is 4.14. The standard InChI is InChI=1S/C14H23N/c1-6-12(4)15-13(5)14-8-7-10(2)11(3)9-14/h7-9,12-13,15H,6H2,1-5H3/t12-,13+/m1/s1. The van der Waals surface area contributed by atoms with E-state index < -0.39 is 0 Å². The smallest absolute Gasteiger partial charge is 0.0294 e. The highest BCUT2D eigenvalue weighted by Crippen LogP contribution is 2.17. The van der Waals surface area contributed by atoms with E-state index in [9.17, 15) is 0 Å². The van der Waals surface area contributed by atoms with Crippen LogP contribution in [-0.2, 0) is 0 Å². The normalized spacial score (nSPS) is 15.0. The molecular weight excluding hydrogens is 182 g/mol. The summed E-state index contributed by atoms with van der Waals surface area (Å²) in [6, 6.07) is 7.75. The van der Waals surface area contributed by atoms with E-state index >= 15 is 0 Å². The Morgan fingerprint density at radius 1 is 1.13 bits per heavy atom. The number of benzene rings is 1. The Bertz CT molecular complexity index is 317. The molecule has 0 fully saturated rings. The number of nitrogens with one attached hydrogen (secondary N) is 1. The topological polar surface area (TPSA) is 12.0 Å². The van der Waals surface area contributed by atoms with E-state index in [1.165, 1.54) is 23.1 Å². The van der Waals surface area contributed by atoms with Crippen LogP contribution in [0.2, 0.25) is 0 Å². The van der Waals surface area contributed by atoms with Crippen LogP contribution in [0.5, 0.6) is 0 Å². The van der Waals surface area contributed by atoms with Gasteiger partial charge in [0.1, 0.15) is 0 Å². The highest BCUT2D eigenvalue weighted by molar-refractivity contribution is 5.31. The first-order chi connectivity index (χ1) is 7.04. The summed E-state index contributed by atoms with van der Waals surface area (Å²) in [5.74, 6) is 0. The quantitative estimate of drug-likeness (QED) is 0.789. The van der Waals surface area contributed by atoms with Gasteiger partial charge in [0.15, 0.2) is 0 Å². The van der Waals surface area contributed by atoms with Crippen molar-refractivity contribution in [1.29, 1.82) is 0 Å². The molecule has 0 aliphatic heterocycles. The van der Waals surface area contributed by atoms with Crippen molar-refractivity contribution in [2.24, 2.45) is 0 Å². The zero-order valence-corrected chi connectivity index (χ0v) is 10.6. The van der Waals surface area contributed by atoms with Gasteiger partial charge in [-0.05, 0) is 50.8 Å². The maximum atomic E-state index is 3.59. The Hall–Kier alpha value is -0.820. The summed E-state index contributed by atoms with van der Waals surface area (Å²) in [6.45, 7) is 11.0. The summed E-state index contributed by atoms with van der Waals surface area (Å²) in [4.78, 5) is 0.